The second kappa shape index (κ2) is 6.71. The highest BCUT2D eigenvalue weighted by Crippen LogP contribution is 2.28. The summed E-state index contributed by atoms with van der Waals surface area (Å²) in [4.78, 5) is 1.98. The molecule has 1 aromatic carbocycles. The number of rotatable bonds is 6. The van der Waals surface area contributed by atoms with Crippen LogP contribution in [0.2, 0.25) is 0 Å². The molecule has 1 N–H and O–H groups in total. The lowest BCUT2D eigenvalue weighted by Crippen LogP contribution is -2.24. The van der Waals surface area contributed by atoms with Gasteiger partial charge in [0.25, 0.3) is 0 Å². The molecule has 1 atom stereocenters. The van der Waals surface area contributed by atoms with Crippen molar-refractivity contribution in [1.82, 2.24) is 0 Å². The molecular weight excluding hydrogens is 233 g/mol. The minimum atomic E-state index is -0.690. The standard InChI is InChI=1S/C14H22FNO2/c1-5-18-7-6-16(4)14-8-10(2)13(15)9-12(14)11(3)17/h8-9,11,17H,5-7H2,1-4H3/t11-/m1/s1. The molecule has 0 saturated heterocycles. The molecule has 0 aliphatic rings. The first-order valence-electron chi connectivity index (χ1n) is 6.24. The molecule has 4 heteroatoms. The number of nitrogens with zero attached hydrogens (tertiary/aromatic N) is 1. The molecule has 0 amide bonds. The van der Waals surface area contributed by atoms with Gasteiger partial charge in [-0.05, 0) is 38.5 Å². The summed E-state index contributed by atoms with van der Waals surface area (Å²) in [5.74, 6) is -0.284. The molecule has 0 unspecified atom stereocenters. The van der Waals surface area contributed by atoms with Crippen LogP contribution in [0.5, 0.6) is 0 Å². The van der Waals surface area contributed by atoms with Crippen molar-refractivity contribution in [2.75, 3.05) is 31.7 Å². The Hall–Kier alpha value is -1.13. The zero-order chi connectivity index (χ0) is 13.7. The average molecular weight is 255 g/mol. The van der Waals surface area contributed by atoms with Gasteiger partial charge in [-0.3, -0.25) is 0 Å². The van der Waals surface area contributed by atoms with Gasteiger partial charge < -0.3 is 14.7 Å². The van der Waals surface area contributed by atoms with E-state index in [-0.39, 0.29) is 5.82 Å². The Labute approximate surface area is 108 Å². The monoisotopic (exact) mass is 255 g/mol. The van der Waals surface area contributed by atoms with Crippen molar-refractivity contribution in [1.29, 1.82) is 0 Å². The Morgan fingerprint density at radius 1 is 1.44 bits per heavy atom. The van der Waals surface area contributed by atoms with Gasteiger partial charge in [0, 0.05) is 31.5 Å². The number of aliphatic hydroxyl groups excluding tert-OH is 1. The molecule has 0 aliphatic carbocycles. The molecule has 0 saturated carbocycles. The van der Waals surface area contributed by atoms with Gasteiger partial charge in [-0.25, -0.2) is 4.39 Å². The van der Waals surface area contributed by atoms with E-state index in [4.69, 9.17) is 4.74 Å². The van der Waals surface area contributed by atoms with Gasteiger partial charge in [-0.15, -0.1) is 0 Å². The van der Waals surface area contributed by atoms with E-state index >= 15 is 0 Å². The minimum Gasteiger partial charge on any atom is -0.389 e. The highest BCUT2D eigenvalue weighted by molar-refractivity contribution is 5.56. The van der Waals surface area contributed by atoms with Crippen LogP contribution in [-0.2, 0) is 4.74 Å². The van der Waals surface area contributed by atoms with Crippen LogP contribution in [0.1, 0.15) is 31.1 Å². The first-order chi connectivity index (χ1) is 8.47. The molecule has 0 radical (unpaired) electrons. The summed E-state index contributed by atoms with van der Waals surface area (Å²) in [6.07, 6.45) is -0.690. The maximum absolute atomic E-state index is 13.5. The number of likely N-dealkylation sites (N-methyl/N-ethyl adjacent to an activating group) is 1. The Kier molecular flexibility index (Phi) is 5.56. The molecule has 1 rings (SSSR count). The normalized spacial score (nSPS) is 12.6. The number of hydrogen-bond donors (Lipinski definition) is 1. The first-order valence-corrected chi connectivity index (χ1v) is 6.24. The fourth-order valence-corrected chi connectivity index (χ4v) is 1.81. The molecular formula is C14H22FNO2. The van der Waals surface area contributed by atoms with Gasteiger partial charge in [0.15, 0.2) is 0 Å². The molecule has 0 heterocycles. The Bertz CT molecular complexity index is 394. The van der Waals surface area contributed by atoms with E-state index in [9.17, 15) is 9.50 Å². The lowest BCUT2D eigenvalue weighted by molar-refractivity contribution is 0.154. The summed E-state index contributed by atoms with van der Waals surface area (Å²) in [5, 5.41) is 9.72. The van der Waals surface area contributed by atoms with Crippen molar-refractivity contribution < 1.29 is 14.2 Å². The van der Waals surface area contributed by atoms with E-state index in [1.165, 1.54) is 6.07 Å². The molecule has 0 spiro atoms. The summed E-state index contributed by atoms with van der Waals surface area (Å²) < 4.78 is 18.8. The SMILES string of the molecule is CCOCCN(C)c1cc(C)c(F)cc1[C@@H](C)O. The van der Waals surface area contributed by atoms with Crippen molar-refractivity contribution in [3.63, 3.8) is 0 Å². The molecule has 102 valence electrons. The molecule has 0 aliphatic heterocycles. The fourth-order valence-electron chi connectivity index (χ4n) is 1.81. The third-order valence-corrected chi connectivity index (χ3v) is 2.94. The van der Waals surface area contributed by atoms with E-state index in [0.717, 1.165) is 5.69 Å². The van der Waals surface area contributed by atoms with E-state index in [0.29, 0.717) is 30.9 Å². The molecule has 0 fully saturated rings. The summed E-state index contributed by atoms with van der Waals surface area (Å²) in [6, 6.07) is 3.18. The van der Waals surface area contributed by atoms with Gasteiger partial charge >= 0.3 is 0 Å². The van der Waals surface area contributed by atoms with Gasteiger partial charge in [-0.2, -0.15) is 0 Å². The third kappa shape index (κ3) is 3.68. The first kappa shape index (κ1) is 14.9. The topological polar surface area (TPSA) is 32.7 Å². The van der Waals surface area contributed by atoms with Crippen LogP contribution in [0.4, 0.5) is 10.1 Å². The summed E-state index contributed by atoms with van der Waals surface area (Å²) in [6.45, 7) is 7.31. The summed E-state index contributed by atoms with van der Waals surface area (Å²) in [7, 11) is 1.91. The van der Waals surface area contributed by atoms with Crippen LogP contribution in [0.15, 0.2) is 12.1 Å². The summed E-state index contributed by atoms with van der Waals surface area (Å²) in [5.41, 5.74) is 2.04. The lowest BCUT2D eigenvalue weighted by atomic mass is 10.0. The van der Waals surface area contributed by atoms with Gasteiger partial charge in [0.1, 0.15) is 5.82 Å². The zero-order valence-corrected chi connectivity index (χ0v) is 11.5. The quantitative estimate of drug-likeness (QED) is 0.793. The van der Waals surface area contributed by atoms with Crippen molar-refractivity contribution in [3.8, 4) is 0 Å². The smallest absolute Gasteiger partial charge is 0.126 e. The molecule has 0 bridgehead atoms. The summed E-state index contributed by atoms with van der Waals surface area (Å²) >= 11 is 0. The lowest BCUT2D eigenvalue weighted by Gasteiger charge is -2.24. The predicted molar refractivity (Wildman–Crippen MR) is 71.5 cm³/mol. The second-order valence-electron chi connectivity index (χ2n) is 4.45. The average Bonchev–Trinajstić information content (AvgIpc) is 2.32. The van der Waals surface area contributed by atoms with Crippen LogP contribution >= 0.6 is 0 Å². The fraction of sp³-hybridized carbons (Fsp3) is 0.571. The second-order valence-corrected chi connectivity index (χ2v) is 4.45. The van der Waals surface area contributed by atoms with Crippen LogP contribution in [-0.4, -0.2) is 31.9 Å². The number of halogens is 1. The Morgan fingerprint density at radius 2 is 2.11 bits per heavy atom. The minimum absolute atomic E-state index is 0.284. The van der Waals surface area contributed by atoms with Crippen molar-refractivity contribution in [2.24, 2.45) is 0 Å². The molecule has 0 aromatic heterocycles. The predicted octanol–water partition coefficient (Wildman–Crippen LogP) is 2.66. The highest BCUT2D eigenvalue weighted by atomic mass is 19.1. The van der Waals surface area contributed by atoms with E-state index in [1.807, 2.05) is 18.9 Å². The van der Waals surface area contributed by atoms with Crippen LogP contribution in [0.3, 0.4) is 0 Å². The van der Waals surface area contributed by atoms with Crippen LogP contribution in [0.25, 0.3) is 0 Å². The number of aliphatic hydroxyl groups is 1. The maximum atomic E-state index is 13.5. The number of aryl methyl sites for hydroxylation is 1. The highest BCUT2D eigenvalue weighted by Gasteiger charge is 2.14. The van der Waals surface area contributed by atoms with E-state index < -0.39 is 6.10 Å². The van der Waals surface area contributed by atoms with Crippen LogP contribution in [0, 0.1) is 12.7 Å². The van der Waals surface area contributed by atoms with Gasteiger partial charge in [-0.1, -0.05) is 0 Å². The van der Waals surface area contributed by atoms with Crippen molar-refractivity contribution in [3.05, 3.63) is 29.1 Å². The van der Waals surface area contributed by atoms with E-state index in [1.54, 1.807) is 19.9 Å². The largest absolute Gasteiger partial charge is 0.389 e. The maximum Gasteiger partial charge on any atom is 0.126 e. The van der Waals surface area contributed by atoms with Gasteiger partial charge in [0.2, 0.25) is 0 Å². The Balaban J connectivity index is 2.94. The number of benzene rings is 1. The number of anilines is 1. The molecule has 1 aromatic rings. The number of hydrogen-bond acceptors (Lipinski definition) is 3. The van der Waals surface area contributed by atoms with Crippen LogP contribution < -0.4 is 4.90 Å². The van der Waals surface area contributed by atoms with Crippen molar-refractivity contribution >= 4 is 5.69 Å². The van der Waals surface area contributed by atoms with Gasteiger partial charge in [0.05, 0.1) is 12.7 Å². The van der Waals surface area contributed by atoms with E-state index in [2.05, 4.69) is 0 Å². The zero-order valence-electron chi connectivity index (χ0n) is 11.5. The molecule has 3 nitrogen and oxygen atoms in total. The Morgan fingerprint density at radius 3 is 2.67 bits per heavy atom. The third-order valence-electron chi connectivity index (χ3n) is 2.94. The number of ether oxygens (including phenoxy) is 1. The van der Waals surface area contributed by atoms with Crippen molar-refractivity contribution in [2.45, 2.75) is 26.9 Å². The molecule has 18 heavy (non-hydrogen) atoms.